The molecular weight excluding hydrogens is 242 g/mol. The summed E-state index contributed by atoms with van der Waals surface area (Å²) in [4.78, 5) is 4.92. The zero-order chi connectivity index (χ0) is 13.9. The van der Waals surface area contributed by atoms with Gasteiger partial charge in [-0.15, -0.1) is 0 Å². The SMILES string of the molecule is CCCc1c(-c2ccccc2)nc2ccccc2c1C. The fraction of sp³-hybridized carbons (Fsp3) is 0.211. The molecule has 1 nitrogen and oxygen atoms in total. The lowest BCUT2D eigenvalue weighted by atomic mass is 9.95. The Morgan fingerprint density at radius 2 is 1.60 bits per heavy atom. The van der Waals surface area contributed by atoms with E-state index in [9.17, 15) is 0 Å². The molecule has 0 atom stereocenters. The molecule has 100 valence electrons. The van der Waals surface area contributed by atoms with Gasteiger partial charge in [-0.25, -0.2) is 4.98 Å². The van der Waals surface area contributed by atoms with Crippen molar-refractivity contribution in [1.82, 2.24) is 4.98 Å². The molecule has 0 saturated heterocycles. The average Bonchev–Trinajstić information content (AvgIpc) is 2.51. The van der Waals surface area contributed by atoms with Crippen molar-refractivity contribution in [3.63, 3.8) is 0 Å². The standard InChI is InChI=1S/C19H19N/c1-3-9-17-14(2)16-12-7-8-13-18(16)20-19(17)15-10-5-4-6-11-15/h4-8,10-13H,3,9H2,1-2H3. The fourth-order valence-electron chi connectivity index (χ4n) is 2.81. The van der Waals surface area contributed by atoms with E-state index in [4.69, 9.17) is 4.98 Å². The molecule has 2 aromatic carbocycles. The Hall–Kier alpha value is -2.15. The van der Waals surface area contributed by atoms with E-state index in [2.05, 4.69) is 68.4 Å². The highest BCUT2D eigenvalue weighted by molar-refractivity contribution is 5.87. The molecule has 0 unspecified atom stereocenters. The molecule has 1 heteroatoms. The summed E-state index contributed by atoms with van der Waals surface area (Å²) in [6.45, 7) is 4.45. The minimum atomic E-state index is 1.08. The summed E-state index contributed by atoms with van der Waals surface area (Å²) in [6, 6.07) is 18.9. The van der Waals surface area contributed by atoms with Crippen LogP contribution in [0, 0.1) is 6.92 Å². The number of rotatable bonds is 3. The van der Waals surface area contributed by atoms with Gasteiger partial charge >= 0.3 is 0 Å². The predicted molar refractivity (Wildman–Crippen MR) is 85.9 cm³/mol. The van der Waals surface area contributed by atoms with E-state index < -0.39 is 0 Å². The van der Waals surface area contributed by atoms with Crippen LogP contribution in [0.2, 0.25) is 0 Å². The number of nitrogens with zero attached hydrogens (tertiary/aromatic N) is 1. The predicted octanol–water partition coefficient (Wildman–Crippen LogP) is 5.16. The highest BCUT2D eigenvalue weighted by atomic mass is 14.7. The number of para-hydroxylation sites is 1. The molecule has 20 heavy (non-hydrogen) atoms. The van der Waals surface area contributed by atoms with Gasteiger partial charge in [-0.3, -0.25) is 0 Å². The Balaban J connectivity index is 2.32. The number of pyridine rings is 1. The van der Waals surface area contributed by atoms with E-state index in [1.807, 2.05) is 0 Å². The molecule has 0 aliphatic rings. The molecule has 0 amide bonds. The third-order valence-corrected chi connectivity index (χ3v) is 3.83. The number of hydrogen-bond donors (Lipinski definition) is 0. The first kappa shape index (κ1) is 12.9. The Labute approximate surface area is 120 Å². The van der Waals surface area contributed by atoms with E-state index >= 15 is 0 Å². The number of fused-ring (bicyclic) bond motifs is 1. The average molecular weight is 261 g/mol. The second kappa shape index (κ2) is 5.46. The lowest BCUT2D eigenvalue weighted by Gasteiger charge is -2.14. The lowest BCUT2D eigenvalue weighted by molar-refractivity contribution is 0.911. The van der Waals surface area contributed by atoms with Gasteiger partial charge in [0.1, 0.15) is 0 Å². The maximum Gasteiger partial charge on any atom is 0.0744 e. The van der Waals surface area contributed by atoms with Crippen LogP contribution in [0.25, 0.3) is 22.2 Å². The van der Waals surface area contributed by atoms with Crippen molar-refractivity contribution in [2.24, 2.45) is 0 Å². The van der Waals surface area contributed by atoms with Gasteiger partial charge in [0, 0.05) is 10.9 Å². The third kappa shape index (κ3) is 2.20. The van der Waals surface area contributed by atoms with Crippen LogP contribution in [0.5, 0.6) is 0 Å². The summed E-state index contributed by atoms with van der Waals surface area (Å²) in [5.41, 5.74) is 6.20. The smallest absolute Gasteiger partial charge is 0.0744 e. The minimum absolute atomic E-state index is 1.08. The van der Waals surface area contributed by atoms with Crippen molar-refractivity contribution in [2.45, 2.75) is 26.7 Å². The summed E-state index contributed by atoms with van der Waals surface area (Å²) in [5.74, 6) is 0. The van der Waals surface area contributed by atoms with Gasteiger partial charge in [0.25, 0.3) is 0 Å². The van der Waals surface area contributed by atoms with Crippen molar-refractivity contribution < 1.29 is 0 Å². The van der Waals surface area contributed by atoms with Crippen molar-refractivity contribution in [1.29, 1.82) is 0 Å². The molecule has 0 bridgehead atoms. The molecule has 1 heterocycles. The highest BCUT2D eigenvalue weighted by Crippen LogP contribution is 2.30. The molecule has 0 aliphatic heterocycles. The topological polar surface area (TPSA) is 12.9 Å². The van der Waals surface area contributed by atoms with Gasteiger partial charge in [-0.1, -0.05) is 61.9 Å². The Kier molecular flexibility index (Phi) is 3.51. The van der Waals surface area contributed by atoms with Crippen molar-refractivity contribution in [2.75, 3.05) is 0 Å². The van der Waals surface area contributed by atoms with Crippen molar-refractivity contribution >= 4 is 10.9 Å². The van der Waals surface area contributed by atoms with Crippen LogP contribution < -0.4 is 0 Å². The van der Waals surface area contributed by atoms with Crippen LogP contribution in [-0.4, -0.2) is 4.98 Å². The van der Waals surface area contributed by atoms with E-state index in [1.54, 1.807) is 0 Å². The lowest BCUT2D eigenvalue weighted by Crippen LogP contribution is -1.98. The van der Waals surface area contributed by atoms with Gasteiger partial charge in [0.05, 0.1) is 11.2 Å². The number of benzene rings is 2. The van der Waals surface area contributed by atoms with Gasteiger partial charge in [0.15, 0.2) is 0 Å². The van der Waals surface area contributed by atoms with E-state index in [1.165, 1.54) is 22.1 Å². The highest BCUT2D eigenvalue weighted by Gasteiger charge is 2.12. The summed E-state index contributed by atoms with van der Waals surface area (Å²) in [5, 5.41) is 1.27. The van der Waals surface area contributed by atoms with Gasteiger partial charge < -0.3 is 0 Å². The molecule has 0 aliphatic carbocycles. The molecule has 0 spiro atoms. The number of aromatic nitrogens is 1. The summed E-state index contributed by atoms with van der Waals surface area (Å²) >= 11 is 0. The van der Waals surface area contributed by atoms with Crippen molar-refractivity contribution in [3.8, 4) is 11.3 Å². The summed E-state index contributed by atoms with van der Waals surface area (Å²) in [6.07, 6.45) is 2.22. The molecular formula is C19H19N. The molecule has 1 aromatic heterocycles. The number of hydrogen-bond acceptors (Lipinski definition) is 1. The second-order valence-electron chi connectivity index (χ2n) is 5.20. The molecule has 3 rings (SSSR count). The van der Waals surface area contributed by atoms with E-state index in [0.717, 1.165) is 24.1 Å². The molecule has 0 saturated carbocycles. The Morgan fingerprint density at radius 3 is 2.35 bits per heavy atom. The van der Waals surface area contributed by atoms with Gasteiger partial charge in [0.2, 0.25) is 0 Å². The fourth-order valence-corrected chi connectivity index (χ4v) is 2.81. The molecule has 0 fully saturated rings. The van der Waals surface area contributed by atoms with Crippen LogP contribution in [0.15, 0.2) is 54.6 Å². The second-order valence-corrected chi connectivity index (χ2v) is 5.20. The largest absolute Gasteiger partial charge is 0.247 e. The van der Waals surface area contributed by atoms with Crippen molar-refractivity contribution in [3.05, 3.63) is 65.7 Å². The monoisotopic (exact) mass is 261 g/mol. The van der Waals surface area contributed by atoms with Crippen LogP contribution in [0.3, 0.4) is 0 Å². The first-order valence-electron chi connectivity index (χ1n) is 7.25. The van der Waals surface area contributed by atoms with Gasteiger partial charge in [-0.2, -0.15) is 0 Å². The van der Waals surface area contributed by atoms with Crippen LogP contribution in [0.1, 0.15) is 24.5 Å². The van der Waals surface area contributed by atoms with Crippen LogP contribution in [-0.2, 0) is 6.42 Å². The molecule has 0 N–H and O–H groups in total. The summed E-state index contributed by atoms with van der Waals surface area (Å²) in [7, 11) is 0. The summed E-state index contributed by atoms with van der Waals surface area (Å²) < 4.78 is 0. The Bertz CT molecular complexity index is 729. The van der Waals surface area contributed by atoms with E-state index in [0.29, 0.717) is 0 Å². The molecule has 0 radical (unpaired) electrons. The third-order valence-electron chi connectivity index (χ3n) is 3.83. The zero-order valence-corrected chi connectivity index (χ0v) is 12.1. The minimum Gasteiger partial charge on any atom is -0.247 e. The zero-order valence-electron chi connectivity index (χ0n) is 12.1. The first-order chi connectivity index (χ1) is 9.81. The van der Waals surface area contributed by atoms with Crippen LogP contribution >= 0.6 is 0 Å². The van der Waals surface area contributed by atoms with E-state index in [-0.39, 0.29) is 0 Å². The van der Waals surface area contributed by atoms with Crippen LogP contribution in [0.4, 0.5) is 0 Å². The first-order valence-corrected chi connectivity index (χ1v) is 7.25. The maximum atomic E-state index is 4.92. The van der Waals surface area contributed by atoms with Gasteiger partial charge in [-0.05, 0) is 30.5 Å². The number of aryl methyl sites for hydroxylation is 1. The molecule has 3 aromatic rings. The quantitative estimate of drug-likeness (QED) is 0.634. The maximum absolute atomic E-state index is 4.92. The Morgan fingerprint density at radius 1 is 0.900 bits per heavy atom. The normalized spacial score (nSPS) is 10.9.